The molecular weight excluding hydrogens is 403 g/mol. The normalized spacial score (nSPS) is 10.8. The van der Waals surface area contributed by atoms with Crippen molar-refractivity contribution in [2.24, 2.45) is 5.10 Å². The number of rotatable bonds is 6. The fraction of sp³-hybridized carbons (Fsp3) is 0.143. The lowest BCUT2D eigenvalue weighted by Gasteiger charge is -2.02. The third kappa shape index (κ3) is 5.43. The molecule has 7 heteroatoms. The zero-order valence-corrected chi connectivity index (χ0v) is 14.2. The minimum atomic E-state index is -0.173. The Labute approximate surface area is 140 Å². The number of methoxy groups -OCH3 is 1. The van der Waals surface area contributed by atoms with Crippen LogP contribution in [0.4, 0.5) is 0 Å². The molecule has 1 aromatic heterocycles. The summed E-state index contributed by atoms with van der Waals surface area (Å²) in [5.74, 6) is 1.51. The largest absolute Gasteiger partial charge is 0.497 e. The quantitative estimate of drug-likeness (QED) is 0.340. The third-order valence-corrected chi connectivity index (χ3v) is 4.00. The Kier molecular flexibility index (Phi) is 6.12. The summed E-state index contributed by atoms with van der Waals surface area (Å²) in [6.45, 7) is 0. The fourth-order valence-electron chi connectivity index (χ4n) is 1.42. The van der Waals surface area contributed by atoms with Crippen LogP contribution in [0.5, 0.6) is 5.75 Å². The maximum atomic E-state index is 11.6. The Hall–Kier alpha value is -1.48. The van der Waals surface area contributed by atoms with E-state index >= 15 is 0 Å². The third-order valence-electron chi connectivity index (χ3n) is 2.40. The van der Waals surface area contributed by atoms with Gasteiger partial charge in [-0.25, -0.2) is 5.43 Å². The first-order valence-electron chi connectivity index (χ1n) is 6.01. The summed E-state index contributed by atoms with van der Waals surface area (Å²) in [6.07, 6.45) is 1.47. The molecule has 5 nitrogen and oxygen atoms in total. The van der Waals surface area contributed by atoms with E-state index in [1.54, 1.807) is 13.2 Å². The molecule has 0 aliphatic rings. The van der Waals surface area contributed by atoms with E-state index in [-0.39, 0.29) is 5.91 Å². The molecule has 1 aromatic carbocycles. The van der Waals surface area contributed by atoms with E-state index in [1.807, 2.05) is 30.3 Å². The van der Waals surface area contributed by atoms with Gasteiger partial charge < -0.3 is 9.15 Å². The van der Waals surface area contributed by atoms with E-state index in [2.05, 4.69) is 33.1 Å². The standard InChI is InChI=1S/C14H13IN2O3S/c1-19-10-2-5-12(6-3-10)21-9-14(18)17-16-8-11-4-7-13(15)20-11/h2-8H,9H2,1H3,(H,17,18)/b16-8+. The molecule has 1 N–H and O–H groups in total. The minimum Gasteiger partial charge on any atom is -0.497 e. The van der Waals surface area contributed by atoms with Crippen molar-refractivity contribution in [1.29, 1.82) is 0 Å². The van der Waals surface area contributed by atoms with Gasteiger partial charge in [0.2, 0.25) is 5.91 Å². The Bertz CT molecular complexity index is 625. The molecule has 2 rings (SSSR count). The van der Waals surface area contributed by atoms with Gasteiger partial charge in [-0.2, -0.15) is 5.10 Å². The smallest absolute Gasteiger partial charge is 0.250 e. The van der Waals surface area contributed by atoms with Crippen LogP contribution in [0.3, 0.4) is 0 Å². The van der Waals surface area contributed by atoms with Crippen LogP contribution in [0.1, 0.15) is 5.76 Å². The Morgan fingerprint density at radius 1 is 1.38 bits per heavy atom. The topological polar surface area (TPSA) is 63.8 Å². The molecule has 0 unspecified atom stereocenters. The summed E-state index contributed by atoms with van der Waals surface area (Å²) in [4.78, 5) is 12.6. The number of halogens is 1. The molecule has 0 saturated heterocycles. The number of carbonyl (C=O) groups is 1. The number of hydrogen-bond donors (Lipinski definition) is 1. The van der Waals surface area contributed by atoms with Crippen molar-refractivity contribution in [3.8, 4) is 5.75 Å². The van der Waals surface area contributed by atoms with Gasteiger partial charge in [-0.1, -0.05) is 0 Å². The number of nitrogens with one attached hydrogen (secondary N) is 1. The van der Waals surface area contributed by atoms with Gasteiger partial charge in [0.1, 0.15) is 11.5 Å². The lowest BCUT2D eigenvalue weighted by Crippen LogP contribution is -2.19. The molecule has 0 spiro atoms. The first-order chi connectivity index (χ1) is 10.2. The lowest BCUT2D eigenvalue weighted by atomic mass is 10.3. The highest BCUT2D eigenvalue weighted by atomic mass is 127. The van der Waals surface area contributed by atoms with Crippen molar-refractivity contribution in [3.05, 3.63) is 45.9 Å². The molecule has 21 heavy (non-hydrogen) atoms. The first-order valence-corrected chi connectivity index (χ1v) is 8.08. The van der Waals surface area contributed by atoms with Gasteiger partial charge >= 0.3 is 0 Å². The van der Waals surface area contributed by atoms with E-state index in [0.717, 1.165) is 14.4 Å². The van der Waals surface area contributed by atoms with E-state index in [1.165, 1.54) is 18.0 Å². The zero-order chi connectivity index (χ0) is 15.1. The lowest BCUT2D eigenvalue weighted by molar-refractivity contribution is -0.118. The SMILES string of the molecule is COc1ccc(SCC(=O)N/N=C/c2ccc(I)o2)cc1. The molecule has 0 radical (unpaired) electrons. The van der Waals surface area contributed by atoms with Crippen LogP contribution in [-0.4, -0.2) is 25.0 Å². The number of furan rings is 1. The second-order valence-electron chi connectivity index (χ2n) is 3.90. The van der Waals surface area contributed by atoms with Gasteiger partial charge in [-0.05, 0) is 59.0 Å². The van der Waals surface area contributed by atoms with Gasteiger partial charge in [0.25, 0.3) is 0 Å². The predicted molar refractivity (Wildman–Crippen MR) is 90.9 cm³/mol. The zero-order valence-electron chi connectivity index (χ0n) is 11.2. The Balaban J connectivity index is 1.75. The summed E-state index contributed by atoms with van der Waals surface area (Å²) >= 11 is 3.49. The van der Waals surface area contributed by atoms with Gasteiger partial charge in [0.15, 0.2) is 3.77 Å². The average molecular weight is 416 g/mol. The molecule has 2 aromatic rings. The Morgan fingerprint density at radius 2 is 2.14 bits per heavy atom. The molecule has 0 atom stereocenters. The number of nitrogens with zero attached hydrogens (tertiary/aromatic N) is 1. The van der Waals surface area contributed by atoms with E-state index in [0.29, 0.717) is 11.5 Å². The average Bonchev–Trinajstić information content (AvgIpc) is 2.91. The molecule has 0 bridgehead atoms. The molecular formula is C14H13IN2O3S. The number of amides is 1. The monoisotopic (exact) mass is 416 g/mol. The number of thioether (sulfide) groups is 1. The van der Waals surface area contributed by atoms with Crippen molar-refractivity contribution in [3.63, 3.8) is 0 Å². The van der Waals surface area contributed by atoms with Crippen molar-refractivity contribution < 1.29 is 13.9 Å². The molecule has 1 heterocycles. The highest BCUT2D eigenvalue weighted by molar-refractivity contribution is 14.1. The van der Waals surface area contributed by atoms with Crippen molar-refractivity contribution in [2.45, 2.75) is 4.90 Å². The number of benzene rings is 1. The van der Waals surface area contributed by atoms with Crippen LogP contribution >= 0.6 is 34.4 Å². The van der Waals surface area contributed by atoms with Crippen LogP contribution in [0.25, 0.3) is 0 Å². The van der Waals surface area contributed by atoms with Gasteiger partial charge in [-0.15, -0.1) is 11.8 Å². The Morgan fingerprint density at radius 3 is 2.76 bits per heavy atom. The maximum Gasteiger partial charge on any atom is 0.250 e. The molecule has 0 saturated carbocycles. The minimum absolute atomic E-state index is 0.173. The van der Waals surface area contributed by atoms with Gasteiger partial charge in [-0.3, -0.25) is 4.79 Å². The number of hydrazone groups is 1. The molecule has 0 aliphatic heterocycles. The van der Waals surface area contributed by atoms with Crippen LogP contribution in [0.2, 0.25) is 0 Å². The van der Waals surface area contributed by atoms with E-state index < -0.39 is 0 Å². The second kappa shape index (κ2) is 8.08. The molecule has 110 valence electrons. The van der Waals surface area contributed by atoms with E-state index in [4.69, 9.17) is 9.15 Å². The van der Waals surface area contributed by atoms with Crippen LogP contribution in [0, 0.1) is 3.77 Å². The summed E-state index contributed by atoms with van der Waals surface area (Å²) in [5, 5.41) is 3.84. The van der Waals surface area contributed by atoms with Crippen LogP contribution in [-0.2, 0) is 4.79 Å². The predicted octanol–water partition coefficient (Wildman–Crippen LogP) is 3.14. The molecule has 1 amide bonds. The van der Waals surface area contributed by atoms with Crippen LogP contribution in [0.15, 0.2) is 50.8 Å². The van der Waals surface area contributed by atoms with Crippen molar-refractivity contribution in [2.75, 3.05) is 12.9 Å². The number of hydrogen-bond acceptors (Lipinski definition) is 5. The van der Waals surface area contributed by atoms with Gasteiger partial charge in [0, 0.05) is 4.90 Å². The molecule has 0 aliphatic carbocycles. The van der Waals surface area contributed by atoms with Crippen molar-refractivity contribution >= 4 is 46.5 Å². The summed E-state index contributed by atoms with van der Waals surface area (Å²) in [7, 11) is 1.62. The summed E-state index contributed by atoms with van der Waals surface area (Å²) < 4.78 is 11.1. The first kappa shape index (κ1) is 15.9. The highest BCUT2D eigenvalue weighted by Crippen LogP contribution is 2.20. The van der Waals surface area contributed by atoms with E-state index in [9.17, 15) is 4.79 Å². The van der Waals surface area contributed by atoms with Crippen molar-refractivity contribution in [1.82, 2.24) is 5.43 Å². The second-order valence-corrected chi connectivity index (χ2v) is 6.01. The molecule has 0 fully saturated rings. The van der Waals surface area contributed by atoms with Gasteiger partial charge in [0.05, 0.1) is 19.1 Å². The number of carbonyl (C=O) groups excluding carboxylic acids is 1. The summed E-state index contributed by atoms with van der Waals surface area (Å²) in [5.41, 5.74) is 2.46. The highest BCUT2D eigenvalue weighted by Gasteiger charge is 2.02. The fourth-order valence-corrected chi connectivity index (χ4v) is 2.54. The number of ether oxygens (including phenoxy) is 1. The van der Waals surface area contributed by atoms with Crippen LogP contribution < -0.4 is 10.2 Å². The maximum absolute atomic E-state index is 11.6. The summed E-state index contributed by atoms with van der Waals surface area (Å²) in [6, 6.07) is 11.1.